The first-order valence-electron chi connectivity index (χ1n) is 7.21. The monoisotopic (exact) mass is 366 g/mol. The molecule has 1 amide bonds. The molecule has 1 fully saturated rings. The summed E-state index contributed by atoms with van der Waals surface area (Å²) in [5.41, 5.74) is 1.69. The van der Waals surface area contributed by atoms with Gasteiger partial charge in [-0.05, 0) is 15.9 Å². The highest BCUT2D eigenvalue weighted by molar-refractivity contribution is 9.10. The molecule has 8 heteroatoms. The molecular weight excluding hydrogens is 348 g/mol. The van der Waals surface area contributed by atoms with E-state index in [-0.39, 0.29) is 5.91 Å². The van der Waals surface area contributed by atoms with Crippen molar-refractivity contribution in [3.05, 3.63) is 34.3 Å². The maximum atomic E-state index is 12.5. The van der Waals surface area contributed by atoms with Gasteiger partial charge in [0, 0.05) is 64.8 Å². The number of aromatic nitrogens is 4. The van der Waals surface area contributed by atoms with Gasteiger partial charge in [-0.2, -0.15) is 10.2 Å². The van der Waals surface area contributed by atoms with Crippen LogP contribution in [-0.4, -0.2) is 61.4 Å². The average Bonchev–Trinajstić information content (AvgIpc) is 3.04. The van der Waals surface area contributed by atoms with Crippen molar-refractivity contribution in [3.8, 4) is 0 Å². The molecule has 1 saturated heterocycles. The minimum atomic E-state index is -0.00602. The highest BCUT2D eigenvalue weighted by Gasteiger charge is 2.25. The lowest BCUT2D eigenvalue weighted by Crippen LogP contribution is -2.48. The van der Waals surface area contributed by atoms with Crippen molar-refractivity contribution in [1.82, 2.24) is 29.4 Å². The Morgan fingerprint density at radius 3 is 2.45 bits per heavy atom. The lowest BCUT2D eigenvalue weighted by atomic mass is 10.2. The van der Waals surface area contributed by atoms with Crippen molar-refractivity contribution in [3.63, 3.8) is 0 Å². The van der Waals surface area contributed by atoms with E-state index in [0.717, 1.165) is 37.2 Å². The zero-order valence-electron chi connectivity index (χ0n) is 12.7. The van der Waals surface area contributed by atoms with Crippen LogP contribution < -0.4 is 0 Å². The van der Waals surface area contributed by atoms with E-state index in [1.807, 2.05) is 36.1 Å². The van der Waals surface area contributed by atoms with Crippen LogP contribution in [-0.2, 0) is 20.6 Å². The molecule has 0 aliphatic carbocycles. The molecule has 0 unspecified atom stereocenters. The van der Waals surface area contributed by atoms with Crippen molar-refractivity contribution >= 4 is 21.8 Å². The number of halogens is 1. The standard InChI is InChI=1S/C14H19BrN6O/c1-18-8-11(7-16-18)9-20-3-5-21(6-4-20)14(22)13-12(15)10-19(2)17-13/h7-8,10H,3-6,9H2,1-2H3. The lowest BCUT2D eigenvalue weighted by molar-refractivity contribution is 0.0621. The van der Waals surface area contributed by atoms with Gasteiger partial charge in [0.05, 0.1) is 10.7 Å². The number of carbonyl (C=O) groups excluding carboxylic acids is 1. The van der Waals surface area contributed by atoms with Gasteiger partial charge in [0.15, 0.2) is 5.69 Å². The molecule has 3 rings (SSSR count). The predicted octanol–water partition coefficient (Wildman–Crippen LogP) is 0.874. The maximum Gasteiger partial charge on any atom is 0.275 e. The van der Waals surface area contributed by atoms with Gasteiger partial charge in [-0.3, -0.25) is 19.1 Å². The second-order valence-electron chi connectivity index (χ2n) is 5.59. The summed E-state index contributed by atoms with van der Waals surface area (Å²) in [5.74, 6) is -0.00602. The number of carbonyl (C=O) groups is 1. The summed E-state index contributed by atoms with van der Waals surface area (Å²) in [6.07, 6.45) is 5.72. The zero-order valence-corrected chi connectivity index (χ0v) is 14.3. The minimum Gasteiger partial charge on any atom is -0.335 e. The van der Waals surface area contributed by atoms with E-state index in [2.05, 4.69) is 31.0 Å². The third-order valence-corrected chi connectivity index (χ3v) is 4.39. The molecule has 1 aliphatic heterocycles. The molecule has 0 spiro atoms. The number of aryl methyl sites for hydroxylation is 2. The molecule has 0 N–H and O–H groups in total. The minimum absolute atomic E-state index is 0.00602. The van der Waals surface area contributed by atoms with Crippen molar-refractivity contribution in [2.45, 2.75) is 6.54 Å². The van der Waals surface area contributed by atoms with E-state index in [1.54, 1.807) is 10.9 Å². The van der Waals surface area contributed by atoms with Crippen LogP contribution in [0.3, 0.4) is 0 Å². The Balaban J connectivity index is 1.57. The summed E-state index contributed by atoms with van der Waals surface area (Å²) >= 11 is 3.39. The van der Waals surface area contributed by atoms with Crippen molar-refractivity contribution in [2.75, 3.05) is 26.2 Å². The summed E-state index contributed by atoms with van der Waals surface area (Å²) in [4.78, 5) is 16.7. The van der Waals surface area contributed by atoms with Gasteiger partial charge in [-0.15, -0.1) is 0 Å². The van der Waals surface area contributed by atoms with Crippen LogP contribution in [0, 0.1) is 0 Å². The Morgan fingerprint density at radius 2 is 1.91 bits per heavy atom. The zero-order chi connectivity index (χ0) is 15.7. The Kier molecular flexibility index (Phi) is 4.30. The Hall–Kier alpha value is -1.67. The molecule has 0 aromatic carbocycles. The van der Waals surface area contributed by atoms with E-state index in [4.69, 9.17) is 0 Å². The highest BCUT2D eigenvalue weighted by atomic mass is 79.9. The summed E-state index contributed by atoms with van der Waals surface area (Å²) in [6, 6.07) is 0. The van der Waals surface area contributed by atoms with Gasteiger partial charge in [-0.1, -0.05) is 0 Å². The SMILES string of the molecule is Cn1cc(CN2CCN(C(=O)c3nn(C)cc3Br)CC2)cn1. The molecule has 118 valence electrons. The molecule has 7 nitrogen and oxygen atoms in total. The van der Waals surface area contributed by atoms with Gasteiger partial charge < -0.3 is 4.90 Å². The Morgan fingerprint density at radius 1 is 1.18 bits per heavy atom. The van der Waals surface area contributed by atoms with Crippen LogP contribution in [0.5, 0.6) is 0 Å². The van der Waals surface area contributed by atoms with E-state index < -0.39 is 0 Å². The molecule has 0 saturated carbocycles. The number of rotatable bonds is 3. The Bertz CT molecular complexity index is 671. The molecule has 3 heterocycles. The lowest BCUT2D eigenvalue weighted by Gasteiger charge is -2.34. The van der Waals surface area contributed by atoms with E-state index in [9.17, 15) is 4.79 Å². The van der Waals surface area contributed by atoms with E-state index in [1.165, 1.54) is 5.56 Å². The van der Waals surface area contributed by atoms with Crippen LogP contribution >= 0.6 is 15.9 Å². The third kappa shape index (κ3) is 3.22. The first-order valence-corrected chi connectivity index (χ1v) is 8.00. The molecule has 0 bridgehead atoms. The first-order chi connectivity index (χ1) is 10.5. The summed E-state index contributed by atoms with van der Waals surface area (Å²) < 4.78 is 4.21. The second-order valence-corrected chi connectivity index (χ2v) is 6.44. The van der Waals surface area contributed by atoms with E-state index >= 15 is 0 Å². The smallest absolute Gasteiger partial charge is 0.275 e. The second kappa shape index (κ2) is 6.21. The Labute approximate surface area is 137 Å². The number of piperazine rings is 1. The number of hydrogen-bond donors (Lipinski definition) is 0. The molecule has 0 atom stereocenters. The molecule has 2 aromatic rings. The molecular formula is C14H19BrN6O. The van der Waals surface area contributed by atoms with Crippen LogP contribution in [0.1, 0.15) is 16.1 Å². The van der Waals surface area contributed by atoms with Crippen LogP contribution in [0.4, 0.5) is 0 Å². The molecule has 2 aromatic heterocycles. The number of nitrogens with zero attached hydrogens (tertiary/aromatic N) is 6. The molecule has 1 aliphatic rings. The molecule has 0 radical (unpaired) electrons. The van der Waals surface area contributed by atoms with Gasteiger partial charge in [0.1, 0.15) is 0 Å². The maximum absolute atomic E-state index is 12.5. The largest absolute Gasteiger partial charge is 0.335 e. The quantitative estimate of drug-likeness (QED) is 0.808. The van der Waals surface area contributed by atoms with Gasteiger partial charge in [0.25, 0.3) is 5.91 Å². The van der Waals surface area contributed by atoms with Gasteiger partial charge >= 0.3 is 0 Å². The van der Waals surface area contributed by atoms with Gasteiger partial charge in [0.2, 0.25) is 0 Å². The van der Waals surface area contributed by atoms with Crippen LogP contribution in [0.25, 0.3) is 0 Å². The fourth-order valence-electron chi connectivity index (χ4n) is 2.68. The fourth-order valence-corrected chi connectivity index (χ4v) is 3.22. The third-order valence-electron chi connectivity index (χ3n) is 3.81. The fraction of sp³-hybridized carbons (Fsp3) is 0.500. The van der Waals surface area contributed by atoms with Crippen molar-refractivity contribution in [2.24, 2.45) is 14.1 Å². The number of hydrogen-bond acceptors (Lipinski definition) is 4. The predicted molar refractivity (Wildman–Crippen MR) is 85.3 cm³/mol. The normalized spacial score (nSPS) is 16.2. The van der Waals surface area contributed by atoms with Crippen molar-refractivity contribution < 1.29 is 4.79 Å². The average molecular weight is 367 g/mol. The van der Waals surface area contributed by atoms with Crippen LogP contribution in [0.2, 0.25) is 0 Å². The molecule has 22 heavy (non-hydrogen) atoms. The summed E-state index contributed by atoms with van der Waals surface area (Å²) in [6.45, 7) is 4.06. The number of amides is 1. The highest BCUT2D eigenvalue weighted by Crippen LogP contribution is 2.17. The first kappa shape index (κ1) is 15.2. The van der Waals surface area contributed by atoms with E-state index in [0.29, 0.717) is 5.69 Å². The van der Waals surface area contributed by atoms with Crippen LogP contribution in [0.15, 0.2) is 23.1 Å². The topological polar surface area (TPSA) is 59.2 Å². The summed E-state index contributed by atoms with van der Waals surface area (Å²) in [7, 11) is 3.73. The van der Waals surface area contributed by atoms with Crippen molar-refractivity contribution in [1.29, 1.82) is 0 Å². The summed E-state index contributed by atoms with van der Waals surface area (Å²) in [5, 5.41) is 8.42. The van der Waals surface area contributed by atoms with Gasteiger partial charge in [-0.25, -0.2) is 0 Å².